The van der Waals surface area contributed by atoms with E-state index in [0.717, 1.165) is 21.8 Å². The smallest absolute Gasteiger partial charge is 0.228 e. The summed E-state index contributed by atoms with van der Waals surface area (Å²) >= 11 is 7.23. The predicted octanol–water partition coefficient (Wildman–Crippen LogP) is 2.90. The lowest BCUT2D eigenvalue weighted by atomic mass is 10.1. The Hall–Kier alpha value is -1.59. The number of rotatable bonds is 3. The molecule has 18 heavy (non-hydrogen) atoms. The predicted molar refractivity (Wildman–Crippen MR) is 73.2 cm³/mol. The largest absolute Gasteiger partial charge is 0.380 e. The maximum absolute atomic E-state index is 11.4. The van der Waals surface area contributed by atoms with Crippen LogP contribution in [0.25, 0.3) is 0 Å². The Balaban J connectivity index is 1.78. The molecule has 3 rings (SSSR count). The average molecular weight is 280 g/mol. The molecular weight excluding hydrogens is 270 g/mol. The molecule has 0 unspecified atom stereocenters. The zero-order valence-corrected chi connectivity index (χ0v) is 10.9. The summed E-state index contributed by atoms with van der Waals surface area (Å²) < 4.78 is 0.543. The van der Waals surface area contributed by atoms with Crippen LogP contribution >= 0.6 is 22.9 Å². The van der Waals surface area contributed by atoms with Crippen molar-refractivity contribution in [2.24, 2.45) is 0 Å². The summed E-state index contributed by atoms with van der Waals surface area (Å²) in [5, 5.41) is 6.15. The van der Waals surface area contributed by atoms with Gasteiger partial charge in [-0.3, -0.25) is 4.79 Å². The van der Waals surface area contributed by atoms with Gasteiger partial charge in [0.25, 0.3) is 0 Å². The number of thiazole rings is 1. The minimum atomic E-state index is 0.0417. The number of anilines is 2. The number of halogens is 1. The van der Waals surface area contributed by atoms with Crippen LogP contribution in [0.15, 0.2) is 24.4 Å². The standard InChI is InChI=1S/C12H10ClN3OS/c13-12-15-6-7(18-12)5-14-9-2-1-3-10-8(9)4-11(17)16-10/h1-3,6,14H,4-5H2,(H,16,17). The number of fused-ring (bicyclic) bond motifs is 1. The zero-order valence-electron chi connectivity index (χ0n) is 9.37. The number of amides is 1. The molecule has 0 spiro atoms. The Morgan fingerprint density at radius 1 is 1.50 bits per heavy atom. The van der Waals surface area contributed by atoms with Gasteiger partial charge in [-0.25, -0.2) is 4.98 Å². The van der Waals surface area contributed by atoms with E-state index in [9.17, 15) is 4.79 Å². The van der Waals surface area contributed by atoms with E-state index < -0.39 is 0 Å². The highest BCUT2D eigenvalue weighted by Crippen LogP contribution is 2.30. The quantitative estimate of drug-likeness (QED) is 0.908. The summed E-state index contributed by atoms with van der Waals surface area (Å²) in [5.74, 6) is 0.0417. The third-order valence-corrected chi connectivity index (χ3v) is 3.88. The van der Waals surface area contributed by atoms with E-state index >= 15 is 0 Å². The van der Waals surface area contributed by atoms with E-state index in [1.165, 1.54) is 11.3 Å². The molecule has 1 amide bonds. The average Bonchev–Trinajstić information content (AvgIpc) is 2.91. The number of hydrogen-bond acceptors (Lipinski definition) is 4. The first kappa shape index (κ1) is 11.5. The van der Waals surface area contributed by atoms with Crippen LogP contribution in [-0.4, -0.2) is 10.9 Å². The molecule has 0 radical (unpaired) electrons. The van der Waals surface area contributed by atoms with Crippen molar-refractivity contribution in [2.45, 2.75) is 13.0 Å². The van der Waals surface area contributed by atoms with E-state index in [-0.39, 0.29) is 5.91 Å². The highest BCUT2D eigenvalue weighted by molar-refractivity contribution is 7.15. The molecule has 92 valence electrons. The van der Waals surface area contributed by atoms with Gasteiger partial charge in [-0.2, -0.15) is 0 Å². The summed E-state index contributed by atoms with van der Waals surface area (Å²) in [7, 11) is 0. The summed E-state index contributed by atoms with van der Waals surface area (Å²) in [5.41, 5.74) is 2.90. The molecule has 1 aromatic carbocycles. The van der Waals surface area contributed by atoms with Gasteiger partial charge in [0.15, 0.2) is 4.47 Å². The maximum atomic E-state index is 11.4. The Labute approximate surface area is 113 Å². The number of carbonyl (C=O) groups is 1. The van der Waals surface area contributed by atoms with Crippen LogP contribution in [0.4, 0.5) is 11.4 Å². The van der Waals surface area contributed by atoms with Crippen molar-refractivity contribution in [1.82, 2.24) is 4.98 Å². The van der Waals surface area contributed by atoms with Gasteiger partial charge in [-0.05, 0) is 12.1 Å². The lowest BCUT2D eigenvalue weighted by molar-refractivity contribution is -0.115. The van der Waals surface area contributed by atoms with Crippen molar-refractivity contribution in [3.63, 3.8) is 0 Å². The van der Waals surface area contributed by atoms with Gasteiger partial charge in [-0.1, -0.05) is 17.7 Å². The molecule has 2 aromatic rings. The van der Waals surface area contributed by atoms with E-state index in [2.05, 4.69) is 15.6 Å². The van der Waals surface area contributed by atoms with Crippen LogP contribution in [0.3, 0.4) is 0 Å². The fraction of sp³-hybridized carbons (Fsp3) is 0.167. The topological polar surface area (TPSA) is 54.0 Å². The lowest BCUT2D eigenvalue weighted by Gasteiger charge is -2.08. The second-order valence-electron chi connectivity index (χ2n) is 3.99. The Bertz CT molecular complexity index is 611. The fourth-order valence-corrected chi connectivity index (χ4v) is 2.88. The van der Waals surface area contributed by atoms with Crippen LogP contribution < -0.4 is 10.6 Å². The molecule has 1 aromatic heterocycles. The molecule has 4 nitrogen and oxygen atoms in total. The fourth-order valence-electron chi connectivity index (χ4n) is 1.96. The van der Waals surface area contributed by atoms with Gasteiger partial charge in [-0.15, -0.1) is 11.3 Å². The normalized spacial score (nSPS) is 13.3. The van der Waals surface area contributed by atoms with Crippen molar-refractivity contribution in [3.8, 4) is 0 Å². The van der Waals surface area contributed by atoms with E-state index in [1.54, 1.807) is 6.20 Å². The third-order valence-electron chi connectivity index (χ3n) is 2.77. The monoisotopic (exact) mass is 279 g/mol. The molecule has 0 bridgehead atoms. The first-order valence-electron chi connectivity index (χ1n) is 5.48. The van der Waals surface area contributed by atoms with E-state index in [4.69, 9.17) is 11.6 Å². The number of nitrogens with one attached hydrogen (secondary N) is 2. The van der Waals surface area contributed by atoms with Gasteiger partial charge >= 0.3 is 0 Å². The van der Waals surface area contributed by atoms with Crippen LogP contribution in [-0.2, 0) is 17.8 Å². The van der Waals surface area contributed by atoms with Crippen molar-refractivity contribution in [2.75, 3.05) is 10.6 Å². The molecular formula is C12H10ClN3OS. The second kappa shape index (κ2) is 4.59. The van der Waals surface area contributed by atoms with E-state index in [0.29, 0.717) is 17.4 Å². The summed E-state index contributed by atoms with van der Waals surface area (Å²) in [4.78, 5) is 16.4. The number of aromatic nitrogens is 1. The Morgan fingerprint density at radius 2 is 2.39 bits per heavy atom. The van der Waals surface area contributed by atoms with Gasteiger partial charge in [0.2, 0.25) is 5.91 Å². The van der Waals surface area contributed by atoms with Crippen molar-refractivity contribution < 1.29 is 4.79 Å². The Morgan fingerprint density at radius 3 is 3.17 bits per heavy atom. The molecule has 0 fully saturated rings. The van der Waals surface area contributed by atoms with Gasteiger partial charge < -0.3 is 10.6 Å². The molecule has 2 N–H and O–H groups in total. The highest BCUT2D eigenvalue weighted by Gasteiger charge is 2.20. The number of nitrogens with zero attached hydrogens (tertiary/aromatic N) is 1. The van der Waals surface area contributed by atoms with Gasteiger partial charge in [0.05, 0.1) is 13.0 Å². The number of benzene rings is 1. The first-order chi connectivity index (χ1) is 8.72. The molecule has 1 aliphatic rings. The van der Waals surface area contributed by atoms with Crippen molar-refractivity contribution in [3.05, 3.63) is 39.3 Å². The molecule has 0 aliphatic carbocycles. The SMILES string of the molecule is O=C1Cc2c(NCc3cnc(Cl)s3)cccc2N1. The molecule has 0 saturated heterocycles. The first-order valence-corrected chi connectivity index (χ1v) is 6.67. The van der Waals surface area contributed by atoms with Crippen molar-refractivity contribution in [1.29, 1.82) is 0 Å². The maximum Gasteiger partial charge on any atom is 0.228 e. The summed E-state index contributed by atoms with van der Waals surface area (Å²) in [6, 6.07) is 5.81. The number of carbonyl (C=O) groups excluding carboxylic acids is 1. The number of hydrogen-bond donors (Lipinski definition) is 2. The minimum absolute atomic E-state index is 0.0417. The third kappa shape index (κ3) is 2.19. The molecule has 1 aliphatic heterocycles. The molecule has 0 atom stereocenters. The van der Waals surface area contributed by atoms with Crippen LogP contribution in [0.5, 0.6) is 0 Å². The van der Waals surface area contributed by atoms with Gasteiger partial charge in [0, 0.05) is 28.0 Å². The van der Waals surface area contributed by atoms with Crippen LogP contribution in [0.1, 0.15) is 10.4 Å². The Kier molecular flexibility index (Phi) is 2.93. The molecule has 6 heteroatoms. The van der Waals surface area contributed by atoms with Crippen LogP contribution in [0.2, 0.25) is 4.47 Å². The second-order valence-corrected chi connectivity index (χ2v) is 5.69. The summed E-state index contributed by atoms with van der Waals surface area (Å²) in [6.45, 7) is 0.662. The van der Waals surface area contributed by atoms with Crippen LogP contribution in [0, 0.1) is 0 Å². The molecule has 0 saturated carbocycles. The molecule has 2 heterocycles. The lowest BCUT2D eigenvalue weighted by Crippen LogP contribution is -2.04. The minimum Gasteiger partial charge on any atom is -0.380 e. The van der Waals surface area contributed by atoms with Crippen molar-refractivity contribution >= 4 is 40.2 Å². The zero-order chi connectivity index (χ0) is 12.5. The van der Waals surface area contributed by atoms with E-state index in [1.807, 2.05) is 18.2 Å². The summed E-state index contributed by atoms with van der Waals surface area (Å²) in [6.07, 6.45) is 2.19. The van der Waals surface area contributed by atoms with Gasteiger partial charge in [0.1, 0.15) is 0 Å². The highest BCUT2D eigenvalue weighted by atomic mass is 35.5.